The number of cyclic esters (lactones) is 1. The first-order valence-corrected chi connectivity index (χ1v) is 10.7. The van der Waals surface area contributed by atoms with E-state index in [0.717, 1.165) is 16.9 Å². The number of para-hydroxylation sites is 1. The number of aromatic nitrogens is 2. The van der Waals surface area contributed by atoms with Crippen LogP contribution in [0.2, 0.25) is 0 Å². The van der Waals surface area contributed by atoms with Crippen LogP contribution in [0.15, 0.2) is 60.7 Å². The number of carbonyl (C=O) groups is 2. The third kappa shape index (κ3) is 5.15. The molecule has 0 radical (unpaired) electrons. The van der Waals surface area contributed by atoms with Crippen LogP contribution < -0.4 is 16.0 Å². The minimum absolute atomic E-state index is 0.102. The molecule has 0 saturated carbocycles. The van der Waals surface area contributed by atoms with Gasteiger partial charge in [0, 0.05) is 18.2 Å². The summed E-state index contributed by atoms with van der Waals surface area (Å²) in [5, 5.41) is 13.4. The van der Waals surface area contributed by atoms with Gasteiger partial charge in [0.15, 0.2) is 0 Å². The van der Waals surface area contributed by atoms with Gasteiger partial charge in [0.1, 0.15) is 12.4 Å². The maximum absolute atomic E-state index is 12.6. The number of nitrogens with one attached hydrogen (secondary N) is 3. The summed E-state index contributed by atoms with van der Waals surface area (Å²) in [5.74, 6) is 0.842. The topological polar surface area (TPSA) is 97.3 Å². The molecule has 4 rings (SSSR count). The third-order valence-electron chi connectivity index (χ3n) is 5.26. The third-order valence-corrected chi connectivity index (χ3v) is 5.26. The lowest BCUT2D eigenvalue weighted by Gasteiger charge is -2.11. The van der Waals surface area contributed by atoms with Crippen molar-refractivity contribution in [2.75, 3.05) is 25.0 Å². The first-order valence-electron chi connectivity index (χ1n) is 10.7. The van der Waals surface area contributed by atoms with E-state index in [2.05, 4.69) is 54.1 Å². The molecule has 2 heterocycles. The number of carbonyl (C=O) groups excluding carboxylic acids is 2. The quantitative estimate of drug-likeness (QED) is 0.506. The number of alkyl carbamates (subject to hydrolysis) is 1. The number of nitrogens with zero attached hydrogens (tertiary/aromatic N) is 2. The predicted molar refractivity (Wildman–Crippen MR) is 123 cm³/mol. The standard InChI is InChI=1S/C24H27N5O3/c1-16(2)17-8-10-18(11-9-17)21-12-22(29(28-21)20-6-4-3-5-7-20)27-23(30)14-25-13-19-15-32-24(31)26-19/h3-12,16,19,25H,13-15H2,1-2H3,(H,26,31)(H,27,30). The summed E-state index contributed by atoms with van der Waals surface area (Å²) < 4.78 is 6.58. The van der Waals surface area contributed by atoms with Crippen molar-refractivity contribution in [3.63, 3.8) is 0 Å². The van der Waals surface area contributed by atoms with Gasteiger partial charge in [-0.3, -0.25) is 4.79 Å². The fraction of sp³-hybridized carbons (Fsp3) is 0.292. The zero-order chi connectivity index (χ0) is 22.5. The molecule has 3 aromatic rings. The number of ether oxygens (including phenoxy) is 1. The van der Waals surface area contributed by atoms with Gasteiger partial charge in [-0.05, 0) is 23.6 Å². The van der Waals surface area contributed by atoms with Crippen molar-refractivity contribution in [2.24, 2.45) is 0 Å². The van der Waals surface area contributed by atoms with Gasteiger partial charge in [-0.2, -0.15) is 5.10 Å². The molecule has 3 N–H and O–H groups in total. The maximum atomic E-state index is 12.6. The number of hydrogen-bond donors (Lipinski definition) is 3. The van der Waals surface area contributed by atoms with Crippen molar-refractivity contribution in [2.45, 2.75) is 25.8 Å². The first-order chi connectivity index (χ1) is 15.5. The molecule has 1 saturated heterocycles. The molecule has 1 fully saturated rings. The van der Waals surface area contributed by atoms with Gasteiger partial charge in [0.2, 0.25) is 5.91 Å². The number of benzene rings is 2. The van der Waals surface area contributed by atoms with Crippen molar-refractivity contribution >= 4 is 17.8 Å². The molecule has 1 atom stereocenters. The molecule has 2 amide bonds. The molecular weight excluding hydrogens is 406 g/mol. The second-order valence-corrected chi connectivity index (χ2v) is 8.06. The van der Waals surface area contributed by atoms with Crippen LogP contribution >= 0.6 is 0 Å². The normalized spacial score (nSPS) is 15.5. The van der Waals surface area contributed by atoms with E-state index >= 15 is 0 Å². The van der Waals surface area contributed by atoms with Crippen molar-refractivity contribution in [3.05, 3.63) is 66.2 Å². The van der Waals surface area contributed by atoms with Crippen LogP contribution in [0.25, 0.3) is 16.9 Å². The van der Waals surface area contributed by atoms with Gasteiger partial charge in [-0.1, -0.05) is 56.3 Å². The summed E-state index contributed by atoms with van der Waals surface area (Å²) in [6.45, 7) is 5.17. The Hall–Kier alpha value is -3.65. The second-order valence-electron chi connectivity index (χ2n) is 8.06. The minimum atomic E-state index is -0.429. The van der Waals surface area contributed by atoms with Crippen LogP contribution in [-0.4, -0.2) is 47.5 Å². The molecule has 0 aliphatic carbocycles. The molecule has 8 heteroatoms. The first kappa shape index (κ1) is 21.6. The van der Waals surface area contributed by atoms with Crippen molar-refractivity contribution in [3.8, 4) is 16.9 Å². The van der Waals surface area contributed by atoms with Crippen LogP contribution in [0.5, 0.6) is 0 Å². The zero-order valence-corrected chi connectivity index (χ0v) is 18.2. The van der Waals surface area contributed by atoms with Gasteiger partial charge >= 0.3 is 6.09 Å². The Morgan fingerprint density at radius 1 is 1.19 bits per heavy atom. The van der Waals surface area contributed by atoms with E-state index in [0.29, 0.717) is 24.9 Å². The fourth-order valence-corrected chi connectivity index (χ4v) is 3.50. The lowest BCUT2D eigenvalue weighted by atomic mass is 10.0. The molecule has 1 aromatic heterocycles. The molecular formula is C24H27N5O3. The highest BCUT2D eigenvalue weighted by Crippen LogP contribution is 2.26. The van der Waals surface area contributed by atoms with Crippen LogP contribution in [0.3, 0.4) is 0 Å². The number of hydrogen-bond acceptors (Lipinski definition) is 5. The Labute approximate surface area is 187 Å². The minimum Gasteiger partial charge on any atom is -0.447 e. The van der Waals surface area contributed by atoms with E-state index in [4.69, 9.17) is 9.84 Å². The van der Waals surface area contributed by atoms with Gasteiger partial charge in [-0.25, -0.2) is 9.48 Å². The summed E-state index contributed by atoms with van der Waals surface area (Å²) in [7, 11) is 0. The van der Waals surface area contributed by atoms with E-state index in [1.807, 2.05) is 36.4 Å². The largest absolute Gasteiger partial charge is 0.447 e. The Bertz CT molecular complexity index is 1080. The van der Waals surface area contributed by atoms with E-state index in [9.17, 15) is 9.59 Å². The molecule has 1 aliphatic heterocycles. The molecule has 2 aromatic carbocycles. The number of anilines is 1. The van der Waals surface area contributed by atoms with Gasteiger partial charge in [0.25, 0.3) is 0 Å². The molecule has 0 bridgehead atoms. The van der Waals surface area contributed by atoms with Crippen LogP contribution in [0.4, 0.5) is 10.6 Å². The SMILES string of the molecule is CC(C)c1ccc(-c2cc(NC(=O)CNCC3COC(=O)N3)n(-c3ccccc3)n2)cc1. The summed E-state index contributed by atoms with van der Waals surface area (Å²) in [5.41, 5.74) is 3.87. The zero-order valence-electron chi connectivity index (χ0n) is 18.2. The van der Waals surface area contributed by atoms with Crippen molar-refractivity contribution in [1.82, 2.24) is 20.4 Å². The summed E-state index contributed by atoms with van der Waals surface area (Å²) >= 11 is 0. The monoisotopic (exact) mass is 433 g/mol. The lowest BCUT2D eigenvalue weighted by molar-refractivity contribution is -0.115. The Balaban J connectivity index is 1.49. The highest BCUT2D eigenvalue weighted by molar-refractivity contribution is 5.92. The molecule has 8 nitrogen and oxygen atoms in total. The summed E-state index contributed by atoms with van der Waals surface area (Å²) in [6.07, 6.45) is -0.429. The molecule has 32 heavy (non-hydrogen) atoms. The lowest BCUT2D eigenvalue weighted by Crippen LogP contribution is -2.40. The fourth-order valence-electron chi connectivity index (χ4n) is 3.50. The van der Waals surface area contributed by atoms with Gasteiger partial charge < -0.3 is 20.7 Å². The maximum Gasteiger partial charge on any atom is 0.407 e. The van der Waals surface area contributed by atoms with Crippen molar-refractivity contribution < 1.29 is 14.3 Å². The van der Waals surface area contributed by atoms with E-state index in [1.54, 1.807) is 4.68 Å². The Morgan fingerprint density at radius 3 is 2.59 bits per heavy atom. The van der Waals surface area contributed by atoms with E-state index in [1.165, 1.54) is 5.56 Å². The Kier molecular flexibility index (Phi) is 6.51. The average molecular weight is 434 g/mol. The Morgan fingerprint density at radius 2 is 1.94 bits per heavy atom. The van der Waals surface area contributed by atoms with Crippen LogP contribution in [-0.2, 0) is 9.53 Å². The smallest absolute Gasteiger partial charge is 0.407 e. The molecule has 1 aliphatic rings. The molecule has 1 unspecified atom stereocenters. The van der Waals surface area contributed by atoms with E-state index < -0.39 is 6.09 Å². The molecule has 166 valence electrons. The van der Waals surface area contributed by atoms with Gasteiger partial charge in [-0.15, -0.1) is 0 Å². The second kappa shape index (κ2) is 9.65. The highest BCUT2D eigenvalue weighted by atomic mass is 16.6. The summed E-state index contributed by atoms with van der Waals surface area (Å²) in [4.78, 5) is 23.7. The summed E-state index contributed by atoms with van der Waals surface area (Å²) in [6, 6.07) is 19.7. The number of rotatable bonds is 8. The van der Waals surface area contributed by atoms with Crippen LogP contribution in [0.1, 0.15) is 25.3 Å². The van der Waals surface area contributed by atoms with E-state index in [-0.39, 0.29) is 18.5 Å². The van der Waals surface area contributed by atoms with Crippen molar-refractivity contribution in [1.29, 1.82) is 0 Å². The van der Waals surface area contributed by atoms with Crippen LogP contribution in [0, 0.1) is 0 Å². The molecule has 0 spiro atoms. The highest BCUT2D eigenvalue weighted by Gasteiger charge is 2.22. The predicted octanol–water partition coefficient (Wildman–Crippen LogP) is 3.30. The average Bonchev–Trinajstić information content (AvgIpc) is 3.40. The van der Waals surface area contributed by atoms with Gasteiger partial charge in [0.05, 0.1) is 24.0 Å². The number of amides is 2.